The van der Waals surface area contributed by atoms with Crippen LogP contribution in [-0.2, 0) is 6.42 Å². The Bertz CT molecular complexity index is 415. The van der Waals surface area contributed by atoms with Crippen LogP contribution in [0, 0.1) is 0 Å². The molecular formula is C15H22NOP. The summed E-state index contributed by atoms with van der Waals surface area (Å²) >= 11 is 0. The van der Waals surface area contributed by atoms with Crippen LogP contribution in [0.2, 0.25) is 0 Å². The minimum absolute atomic E-state index is 0.614. The Morgan fingerprint density at radius 3 is 2.44 bits per heavy atom. The van der Waals surface area contributed by atoms with Crippen LogP contribution in [0.1, 0.15) is 43.7 Å². The molecule has 0 N–H and O–H groups in total. The van der Waals surface area contributed by atoms with Gasteiger partial charge in [-0.2, -0.15) is 0 Å². The molecule has 1 heterocycles. The zero-order valence-electron chi connectivity index (χ0n) is 11.6. The van der Waals surface area contributed by atoms with E-state index in [1.54, 1.807) is 12.3 Å². The highest BCUT2D eigenvalue weighted by Crippen LogP contribution is 2.13. The van der Waals surface area contributed by atoms with Crippen LogP contribution in [0.15, 0.2) is 41.4 Å². The zero-order chi connectivity index (χ0) is 14.0. The molecule has 0 aliphatic heterocycles. The van der Waals surface area contributed by atoms with E-state index in [4.69, 9.17) is 0 Å². The Kier molecular flexibility index (Phi) is 9.04. The van der Waals surface area contributed by atoms with Crippen LogP contribution in [0.3, 0.4) is 0 Å². The lowest BCUT2D eigenvalue weighted by molar-refractivity contribution is 0.112. The highest BCUT2D eigenvalue weighted by Gasteiger charge is 1.98. The molecule has 3 heteroatoms. The lowest BCUT2D eigenvalue weighted by Crippen LogP contribution is -1.93. The molecule has 0 aromatic carbocycles. The third-order valence-electron chi connectivity index (χ3n) is 2.15. The molecule has 0 saturated carbocycles. The van der Waals surface area contributed by atoms with Crippen molar-refractivity contribution in [1.29, 1.82) is 0 Å². The van der Waals surface area contributed by atoms with E-state index in [-0.39, 0.29) is 0 Å². The maximum absolute atomic E-state index is 10.5. The van der Waals surface area contributed by atoms with Gasteiger partial charge in [0, 0.05) is 23.9 Å². The van der Waals surface area contributed by atoms with Crippen LogP contribution in [0.4, 0.5) is 0 Å². The molecule has 0 fully saturated rings. The van der Waals surface area contributed by atoms with E-state index in [9.17, 15) is 4.79 Å². The van der Waals surface area contributed by atoms with Gasteiger partial charge in [0.25, 0.3) is 0 Å². The maximum atomic E-state index is 10.5. The molecule has 2 nitrogen and oxygen atoms in total. The largest absolute Gasteiger partial charge is 0.298 e. The molecule has 0 bridgehead atoms. The van der Waals surface area contributed by atoms with E-state index in [0.29, 0.717) is 5.56 Å². The van der Waals surface area contributed by atoms with Crippen LogP contribution >= 0.6 is 9.24 Å². The summed E-state index contributed by atoms with van der Waals surface area (Å²) in [5.74, 6) is 0. The van der Waals surface area contributed by atoms with Crippen LogP contribution < -0.4 is 0 Å². The molecule has 1 aromatic heterocycles. The fourth-order valence-electron chi connectivity index (χ4n) is 1.35. The van der Waals surface area contributed by atoms with Gasteiger partial charge in [0.15, 0.2) is 6.29 Å². The first-order chi connectivity index (χ1) is 8.65. The first kappa shape index (κ1) is 16.7. The van der Waals surface area contributed by atoms with Gasteiger partial charge in [-0.05, 0) is 31.6 Å². The summed E-state index contributed by atoms with van der Waals surface area (Å²) in [7, 11) is 2.67. The van der Waals surface area contributed by atoms with Gasteiger partial charge in [0.05, 0.1) is 0 Å². The lowest BCUT2D eigenvalue weighted by Gasteiger charge is -2.02. The number of carbonyl (C=O) groups excluding carboxylic acids is 1. The Labute approximate surface area is 112 Å². The molecule has 1 rings (SSSR count). The van der Waals surface area contributed by atoms with Gasteiger partial charge in [-0.25, -0.2) is 0 Å². The number of aldehydes is 1. The molecule has 0 radical (unpaired) electrons. The van der Waals surface area contributed by atoms with Crippen molar-refractivity contribution in [2.24, 2.45) is 0 Å². The number of pyridine rings is 1. The van der Waals surface area contributed by atoms with Gasteiger partial charge in [-0.1, -0.05) is 31.3 Å². The van der Waals surface area contributed by atoms with Gasteiger partial charge in [0.1, 0.15) is 0 Å². The molecule has 0 aliphatic carbocycles. The number of aromatic nitrogens is 1. The Balaban J connectivity index is 0.00000137. The Hall–Kier alpha value is -1.27. The smallest absolute Gasteiger partial charge is 0.151 e. The van der Waals surface area contributed by atoms with E-state index < -0.39 is 0 Å². The number of allylic oxidation sites excluding steroid dienone is 4. The van der Waals surface area contributed by atoms with Crippen molar-refractivity contribution in [3.05, 3.63) is 52.6 Å². The van der Waals surface area contributed by atoms with E-state index in [1.807, 2.05) is 33.8 Å². The number of hydrogen-bond acceptors (Lipinski definition) is 2. The number of hydrogen-bond donors (Lipinski definition) is 0. The Morgan fingerprint density at radius 2 is 2.06 bits per heavy atom. The number of carbonyl (C=O) groups is 1. The minimum Gasteiger partial charge on any atom is -0.298 e. The van der Waals surface area contributed by atoms with Crippen molar-refractivity contribution in [1.82, 2.24) is 4.98 Å². The van der Waals surface area contributed by atoms with Gasteiger partial charge < -0.3 is 0 Å². The summed E-state index contributed by atoms with van der Waals surface area (Å²) in [6.07, 6.45) is 7.39. The highest BCUT2D eigenvalue weighted by atomic mass is 31.0. The SMILES string of the molecule is C/C=C(\C=C(/C)P)Cc1ccc(C=O)cn1.CC. The first-order valence-electron chi connectivity index (χ1n) is 6.14. The van der Waals surface area contributed by atoms with Crippen LogP contribution in [-0.4, -0.2) is 11.3 Å². The molecule has 1 aromatic rings. The highest BCUT2D eigenvalue weighted by molar-refractivity contribution is 7.22. The molecule has 0 aliphatic rings. The van der Waals surface area contributed by atoms with E-state index in [0.717, 1.165) is 18.4 Å². The van der Waals surface area contributed by atoms with Crippen molar-refractivity contribution in [3.63, 3.8) is 0 Å². The Morgan fingerprint density at radius 1 is 1.39 bits per heavy atom. The first-order valence-corrected chi connectivity index (χ1v) is 6.72. The van der Waals surface area contributed by atoms with Crippen molar-refractivity contribution in [2.75, 3.05) is 0 Å². The van der Waals surface area contributed by atoms with Crippen LogP contribution in [0.25, 0.3) is 0 Å². The summed E-state index contributed by atoms with van der Waals surface area (Å²) in [5.41, 5.74) is 2.81. The van der Waals surface area contributed by atoms with Gasteiger partial charge in [-0.3, -0.25) is 9.78 Å². The average molecular weight is 263 g/mol. The van der Waals surface area contributed by atoms with Crippen molar-refractivity contribution in [3.8, 4) is 0 Å². The summed E-state index contributed by atoms with van der Waals surface area (Å²) in [4.78, 5) is 14.7. The molecule has 0 amide bonds. The fraction of sp³-hybridized carbons (Fsp3) is 0.333. The second kappa shape index (κ2) is 9.73. The van der Waals surface area contributed by atoms with Gasteiger partial charge in [0.2, 0.25) is 0 Å². The molecule has 18 heavy (non-hydrogen) atoms. The van der Waals surface area contributed by atoms with E-state index >= 15 is 0 Å². The van der Waals surface area contributed by atoms with Crippen LogP contribution in [0.5, 0.6) is 0 Å². The van der Waals surface area contributed by atoms with E-state index in [1.165, 1.54) is 10.9 Å². The summed E-state index contributed by atoms with van der Waals surface area (Å²) in [6, 6.07) is 3.68. The molecule has 1 atom stereocenters. The van der Waals surface area contributed by atoms with Gasteiger partial charge in [-0.15, -0.1) is 9.24 Å². The summed E-state index contributed by atoms with van der Waals surface area (Å²) in [5, 5.41) is 1.19. The monoisotopic (exact) mass is 263 g/mol. The maximum Gasteiger partial charge on any atom is 0.151 e. The number of rotatable bonds is 4. The summed E-state index contributed by atoms with van der Waals surface area (Å²) < 4.78 is 0. The van der Waals surface area contributed by atoms with Crippen molar-refractivity contribution < 1.29 is 4.79 Å². The lowest BCUT2D eigenvalue weighted by atomic mass is 10.1. The van der Waals surface area contributed by atoms with Crippen molar-refractivity contribution in [2.45, 2.75) is 34.1 Å². The molecule has 0 saturated heterocycles. The second-order valence-electron chi connectivity index (χ2n) is 3.63. The third-order valence-corrected chi connectivity index (χ3v) is 2.32. The standard InChI is InChI=1S/C13H16NOP.C2H6/c1-3-11(6-10(2)16)7-13-5-4-12(9-15)8-14-13;1-2/h3-6,8-9H,7,16H2,1-2H3;1-2H3/b10-6+,11-3+;. The minimum atomic E-state index is 0.614. The zero-order valence-corrected chi connectivity index (χ0v) is 12.8. The molecule has 0 spiro atoms. The average Bonchev–Trinajstić information content (AvgIpc) is 2.40. The molecule has 98 valence electrons. The fourth-order valence-corrected chi connectivity index (χ4v) is 1.56. The quantitative estimate of drug-likeness (QED) is 0.463. The predicted molar refractivity (Wildman–Crippen MR) is 81.9 cm³/mol. The topological polar surface area (TPSA) is 30.0 Å². The molecular weight excluding hydrogens is 241 g/mol. The normalized spacial score (nSPS) is 11.6. The third kappa shape index (κ3) is 6.46. The van der Waals surface area contributed by atoms with E-state index in [2.05, 4.69) is 26.4 Å². The van der Waals surface area contributed by atoms with Crippen molar-refractivity contribution >= 4 is 15.5 Å². The second-order valence-corrected chi connectivity index (χ2v) is 4.54. The summed E-state index contributed by atoms with van der Waals surface area (Å²) in [6.45, 7) is 8.05. The predicted octanol–water partition coefficient (Wildman–Crippen LogP) is 4.19. The van der Waals surface area contributed by atoms with Gasteiger partial charge >= 0.3 is 0 Å². The number of nitrogens with zero attached hydrogens (tertiary/aromatic N) is 1. The molecule has 1 unspecified atom stereocenters.